The third kappa shape index (κ3) is 3.43. The highest BCUT2D eigenvalue weighted by molar-refractivity contribution is 6.00. The molecule has 4 rings (SSSR count). The predicted molar refractivity (Wildman–Crippen MR) is 92.5 cm³/mol. The second kappa shape index (κ2) is 6.37. The Balaban J connectivity index is 1.40. The summed E-state index contributed by atoms with van der Waals surface area (Å²) in [6.07, 6.45) is -2.08. The Hall–Kier alpha value is -2.29. The molecule has 0 atom stereocenters. The number of rotatable bonds is 3. The third-order valence-electron chi connectivity index (χ3n) is 6.02. The number of anilines is 1. The summed E-state index contributed by atoms with van der Waals surface area (Å²) in [5, 5.41) is 10.00. The number of amides is 2. The molecule has 9 heteroatoms. The summed E-state index contributed by atoms with van der Waals surface area (Å²) in [5.74, 6) is -0.637. The van der Waals surface area contributed by atoms with E-state index >= 15 is 0 Å². The van der Waals surface area contributed by atoms with E-state index in [0.29, 0.717) is 57.4 Å². The van der Waals surface area contributed by atoms with Gasteiger partial charge in [0, 0.05) is 25.3 Å². The van der Waals surface area contributed by atoms with Crippen molar-refractivity contribution in [2.24, 2.45) is 5.41 Å². The van der Waals surface area contributed by atoms with Crippen molar-refractivity contribution in [2.75, 3.05) is 24.5 Å². The topological polar surface area (TPSA) is 70.1 Å². The first-order valence-electron chi connectivity index (χ1n) is 9.32. The lowest BCUT2D eigenvalue weighted by Crippen LogP contribution is -2.50. The minimum Gasteiger partial charge on any atom is -0.406 e. The first-order chi connectivity index (χ1) is 13.1. The Kier molecular flexibility index (Phi) is 4.33. The summed E-state index contributed by atoms with van der Waals surface area (Å²) in [4.78, 5) is 28.5. The molecule has 2 heterocycles. The molecule has 152 valence electrons. The maximum atomic E-state index is 13.0. The summed E-state index contributed by atoms with van der Waals surface area (Å²) >= 11 is 0. The first-order valence-corrected chi connectivity index (χ1v) is 9.32. The zero-order valence-corrected chi connectivity index (χ0v) is 15.2. The summed E-state index contributed by atoms with van der Waals surface area (Å²) in [5.41, 5.74) is -1.22. The SMILES string of the molecule is O=C(N1CCC2(CC1)CCN(c1ccc(OC(F)(F)F)cc1)C2=O)C1(O)CC1. The highest BCUT2D eigenvalue weighted by atomic mass is 19.4. The molecule has 1 aliphatic carbocycles. The van der Waals surface area contributed by atoms with E-state index in [1.807, 2.05) is 0 Å². The minimum absolute atomic E-state index is 0.0609. The minimum atomic E-state index is -4.76. The van der Waals surface area contributed by atoms with Gasteiger partial charge >= 0.3 is 6.36 Å². The molecule has 0 radical (unpaired) electrons. The van der Waals surface area contributed by atoms with Crippen LogP contribution in [0.3, 0.4) is 0 Å². The quantitative estimate of drug-likeness (QED) is 0.849. The van der Waals surface area contributed by atoms with Gasteiger partial charge in [-0.2, -0.15) is 0 Å². The molecule has 1 saturated carbocycles. The molecule has 28 heavy (non-hydrogen) atoms. The Morgan fingerprint density at radius 3 is 2.11 bits per heavy atom. The van der Waals surface area contributed by atoms with E-state index in [1.54, 1.807) is 9.80 Å². The molecule has 2 amide bonds. The van der Waals surface area contributed by atoms with Crippen LogP contribution in [-0.4, -0.2) is 53.4 Å². The van der Waals surface area contributed by atoms with Crippen LogP contribution in [0, 0.1) is 5.41 Å². The molecule has 1 spiro atoms. The predicted octanol–water partition coefficient (Wildman–Crippen LogP) is 2.46. The van der Waals surface area contributed by atoms with Crippen molar-refractivity contribution >= 4 is 17.5 Å². The van der Waals surface area contributed by atoms with Gasteiger partial charge in [0.05, 0.1) is 5.41 Å². The third-order valence-corrected chi connectivity index (χ3v) is 6.02. The molecular weight excluding hydrogens is 377 g/mol. The van der Waals surface area contributed by atoms with Crippen LogP contribution in [0.15, 0.2) is 24.3 Å². The van der Waals surface area contributed by atoms with Gasteiger partial charge in [-0.15, -0.1) is 13.2 Å². The number of likely N-dealkylation sites (tertiary alicyclic amines) is 1. The van der Waals surface area contributed by atoms with Crippen LogP contribution in [0.25, 0.3) is 0 Å². The first kappa shape index (κ1) is 19.0. The summed E-state index contributed by atoms with van der Waals surface area (Å²) < 4.78 is 40.7. The molecular formula is C19H21F3N2O4. The molecule has 2 aliphatic heterocycles. The number of hydrogen-bond acceptors (Lipinski definition) is 4. The van der Waals surface area contributed by atoms with Crippen LogP contribution in [0.4, 0.5) is 18.9 Å². The number of benzene rings is 1. The molecule has 0 bridgehead atoms. The van der Waals surface area contributed by atoms with Crippen molar-refractivity contribution in [1.29, 1.82) is 0 Å². The molecule has 2 saturated heterocycles. The fraction of sp³-hybridized carbons (Fsp3) is 0.579. The Morgan fingerprint density at radius 1 is 1.00 bits per heavy atom. The summed E-state index contributed by atoms with van der Waals surface area (Å²) in [7, 11) is 0. The number of alkyl halides is 3. The van der Waals surface area contributed by atoms with Crippen molar-refractivity contribution in [1.82, 2.24) is 4.90 Å². The van der Waals surface area contributed by atoms with Crippen LogP contribution in [-0.2, 0) is 9.59 Å². The van der Waals surface area contributed by atoms with Gasteiger partial charge in [-0.3, -0.25) is 9.59 Å². The molecule has 3 aliphatic rings. The van der Waals surface area contributed by atoms with Crippen LogP contribution in [0.1, 0.15) is 32.1 Å². The number of ether oxygens (including phenoxy) is 1. The molecule has 0 unspecified atom stereocenters. The number of hydrogen-bond donors (Lipinski definition) is 1. The Bertz CT molecular complexity index is 781. The fourth-order valence-corrected chi connectivity index (χ4v) is 4.12. The largest absolute Gasteiger partial charge is 0.573 e. The zero-order chi connectivity index (χ0) is 20.2. The van der Waals surface area contributed by atoms with Gasteiger partial charge in [0.25, 0.3) is 5.91 Å². The number of carbonyl (C=O) groups excluding carboxylic acids is 2. The highest BCUT2D eigenvalue weighted by Gasteiger charge is 2.53. The van der Waals surface area contributed by atoms with Crippen molar-refractivity contribution in [3.8, 4) is 5.75 Å². The van der Waals surface area contributed by atoms with Crippen LogP contribution >= 0.6 is 0 Å². The standard InChI is InChI=1S/C19H21F3N2O4/c20-19(21,22)28-14-3-1-13(2-4-14)24-12-9-17(15(24)25)7-10-23(11-8-17)16(26)18(27)5-6-18/h1-4,27H,5-12H2. The molecule has 1 aromatic carbocycles. The van der Waals surface area contributed by atoms with E-state index in [2.05, 4.69) is 4.74 Å². The number of carbonyl (C=O) groups is 2. The zero-order valence-electron chi connectivity index (χ0n) is 15.2. The van der Waals surface area contributed by atoms with E-state index in [0.717, 1.165) is 0 Å². The number of halogens is 3. The monoisotopic (exact) mass is 398 g/mol. The van der Waals surface area contributed by atoms with E-state index in [9.17, 15) is 27.9 Å². The van der Waals surface area contributed by atoms with Crippen LogP contribution in [0.2, 0.25) is 0 Å². The maximum absolute atomic E-state index is 13.0. The lowest BCUT2D eigenvalue weighted by molar-refractivity contribution is -0.274. The fourth-order valence-electron chi connectivity index (χ4n) is 4.12. The van der Waals surface area contributed by atoms with Crippen LogP contribution < -0.4 is 9.64 Å². The maximum Gasteiger partial charge on any atom is 0.573 e. The lowest BCUT2D eigenvalue weighted by atomic mass is 9.77. The smallest absolute Gasteiger partial charge is 0.406 e. The van der Waals surface area contributed by atoms with Gasteiger partial charge in [-0.25, -0.2) is 0 Å². The average molecular weight is 398 g/mol. The molecule has 3 fully saturated rings. The molecule has 6 nitrogen and oxygen atoms in total. The van der Waals surface area contributed by atoms with E-state index in [-0.39, 0.29) is 17.6 Å². The second-order valence-electron chi connectivity index (χ2n) is 7.85. The van der Waals surface area contributed by atoms with Gasteiger partial charge in [-0.05, 0) is 56.4 Å². The normalized spacial score (nSPS) is 23.2. The Labute approximate surface area is 159 Å². The van der Waals surface area contributed by atoms with E-state index in [4.69, 9.17) is 0 Å². The van der Waals surface area contributed by atoms with Crippen molar-refractivity contribution < 1.29 is 32.6 Å². The molecule has 0 aromatic heterocycles. The number of nitrogens with zero attached hydrogens (tertiary/aromatic N) is 2. The number of aliphatic hydroxyl groups is 1. The second-order valence-corrected chi connectivity index (χ2v) is 7.85. The van der Waals surface area contributed by atoms with Gasteiger partial charge in [0.1, 0.15) is 11.4 Å². The van der Waals surface area contributed by atoms with Crippen molar-refractivity contribution in [3.63, 3.8) is 0 Å². The van der Waals surface area contributed by atoms with Crippen molar-refractivity contribution in [3.05, 3.63) is 24.3 Å². The average Bonchev–Trinajstić information content (AvgIpc) is 3.33. The lowest BCUT2D eigenvalue weighted by Gasteiger charge is -2.38. The van der Waals surface area contributed by atoms with Crippen LogP contribution in [0.5, 0.6) is 5.75 Å². The summed E-state index contributed by atoms with van der Waals surface area (Å²) in [6.45, 7) is 1.34. The summed E-state index contributed by atoms with van der Waals surface area (Å²) in [6, 6.07) is 5.27. The molecule has 1 N–H and O–H groups in total. The van der Waals surface area contributed by atoms with E-state index in [1.165, 1.54) is 24.3 Å². The molecule has 1 aromatic rings. The van der Waals surface area contributed by atoms with Gasteiger partial charge in [-0.1, -0.05) is 0 Å². The van der Waals surface area contributed by atoms with Gasteiger partial charge < -0.3 is 19.6 Å². The van der Waals surface area contributed by atoms with E-state index < -0.39 is 17.4 Å². The Morgan fingerprint density at radius 2 is 1.57 bits per heavy atom. The van der Waals surface area contributed by atoms with Crippen molar-refractivity contribution in [2.45, 2.75) is 44.1 Å². The highest BCUT2D eigenvalue weighted by Crippen LogP contribution is 2.45. The number of piperidine rings is 1. The van der Waals surface area contributed by atoms with Gasteiger partial charge in [0.2, 0.25) is 5.91 Å². The van der Waals surface area contributed by atoms with Gasteiger partial charge in [0.15, 0.2) is 0 Å².